The molecule has 2 heterocycles. The van der Waals surface area contributed by atoms with Gasteiger partial charge in [0.05, 0.1) is 11.9 Å². The van der Waals surface area contributed by atoms with Crippen LogP contribution in [0.3, 0.4) is 0 Å². The number of nitrogens with one attached hydrogen (secondary N) is 3. The molecule has 2 aromatic heterocycles. The molecule has 0 bridgehead atoms. The third-order valence-corrected chi connectivity index (χ3v) is 5.81. The minimum Gasteiger partial charge on any atom is -0.365 e. The summed E-state index contributed by atoms with van der Waals surface area (Å²) in [6.45, 7) is -0.247. The first-order valence-corrected chi connectivity index (χ1v) is 11.6. The van der Waals surface area contributed by atoms with Crippen LogP contribution in [-0.4, -0.2) is 43.1 Å². The lowest BCUT2D eigenvalue weighted by Crippen LogP contribution is -2.27. The maximum absolute atomic E-state index is 14.0. The molecule has 0 saturated carbocycles. The summed E-state index contributed by atoms with van der Waals surface area (Å²) in [5.74, 6) is -1.61. The lowest BCUT2D eigenvalue weighted by molar-refractivity contribution is -0.137. The fourth-order valence-corrected chi connectivity index (χ4v) is 3.35. The second kappa shape index (κ2) is 10.1. The highest BCUT2D eigenvalue weighted by Gasteiger charge is 2.35. The first-order chi connectivity index (χ1) is 16.4. The van der Waals surface area contributed by atoms with Gasteiger partial charge in [0.1, 0.15) is 23.0 Å². The van der Waals surface area contributed by atoms with E-state index in [9.17, 15) is 30.8 Å². The molecule has 1 amide bonds. The van der Waals surface area contributed by atoms with Crippen molar-refractivity contribution in [3.8, 4) is 0 Å². The Labute approximate surface area is 197 Å². The minimum atomic E-state index is -4.80. The summed E-state index contributed by atoms with van der Waals surface area (Å²) in [4.78, 5) is 22.0. The molecule has 3 rings (SSSR count). The van der Waals surface area contributed by atoms with Crippen molar-refractivity contribution >= 4 is 45.4 Å². The molecule has 0 aliphatic heterocycles. The minimum absolute atomic E-state index is 0.0305. The molecule has 1 aromatic carbocycles. The fourth-order valence-electron chi connectivity index (χ4n) is 2.87. The van der Waals surface area contributed by atoms with Crippen LogP contribution in [0.1, 0.15) is 11.1 Å². The molecule has 0 fully saturated rings. The van der Waals surface area contributed by atoms with Gasteiger partial charge in [-0.15, -0.1) is 0 Å². The number of benzene rings is 1. The topological polar surface area (TPSA) is 129 Å². The summed E-state index contributed by atoms with van der Waals surface area (Å²) in [6, 6.07) is 6.63. The van der Waals surface area contributed by atoms with Crippen LogP contribution in [0.2, 0.25) is 0 Å². The Morgan fingerprint density at radius 3 is 2.54 bits per heavy atom. The summed E-state index contributed by atoms with van der Waals surface area (Å²) in [7, 11) is -2.40. The number of amides is 1. The highest BCUT2D eigenvalue weighted by molar-refractivity contribution is 7.92. The van der Waals surface area contributed by atoms with E-state index in [1.54, 1.807) is 0 Å². The maximum Gasteiger partial charge on any atom is 0.421 e. The smallest absolute Gasteiger partial charge is 0.365 e. The normalized spacial score (nSPS) is 11.6. The number of anilines is 5. The lowest BCUT2D eigenvalue weighted by atomic mass is 10.2. The number of carbonyl (C=O) groups excluding carboxylic acids is 1. The largest absolute Gasteiger partial charge is 0.421 e. The fraction of sp³-hybridized carbons (Fsp3) is 0.200. The second-order valence-corrected chi connectivity index (χ2v) is 9.12. The molecule has 186 valence electrons. The van der Waals surface area contributed by atoms with Crippen molar-refractivity contribution in [1.82, 2.24) is 15.0 Å². The number of aromatic nitrogens is 3. The van der Waals surface area contributed by atoms with E-state index in [4.69, 9.17) is 0 Å². The van der Waals surface area contributed by atoms with Gasteiger partial charge in [-0.05, 0) is 24.3 Å². The predicted molar refractivity (Wildman–Crippen MR) is 121 cm³/mol. The summed E-state index contributed by atoms with van der Waals surface area (Å²) >= 11 is 0. The Bertz CT molecular complexity index is 1340. The van der Waals surface area contributed by atoms with E-state index in [0.29, 0.717) is 18.2 Å². The number of rotatable bonds is 9. The van der Waals surface area contributed by atoms with Gasteiger partial charge in [0.2, 0.25) is 22.4 Å². The number of alkyl halides is 3. The highest BCUT2D eigenvalue weighted by Crippen LogP contribution is 2.34. The average Bonchev–Trinajstić information content (AvgIpc) is 2.78. The molecule has 0 radical (unpaired) electrons. The molecule has 0 aliphatic carbocycles. The molecule has 0 saturated heterocycles. The lowest BCUT2D eigenvalue weighted by Gasteiger charge is -2.20. The first kappa shape index (κ1) is 25.6. The Hall–Kier alpha value is -4.01. The summed E-state index contributed by atoms with van der Waals surface area (Å²) in [6.07, 6.45) is -1.62. The Balaban J connectivity index is 1.90. The van der Waals surface area contributed by atoms with Crippen molar-refractivity contribution in [2.45, 2.75) is 12.7 Å². The Kier molecular flexibility index (Phi) is 7.38. The van der Waals surface area contributed by atoms with Crippen LogP contribution in [0.4, 0.5) is 46.5 Å². The number of hydrogen-bond donors (Lipinski definition) is 3. The van der Waals surface area contributed by atoms with Crippen LogP contribution in [0.5, 0.6) is 0 Å². The Morgan fingerprint density at radius 1 is 1.17 bits per heavy atom. The molecular formula is C20H19F4N7O3S. The van der Waals surface area contributed by atoms with E-state index >= 15 is 0 Å². The van der Waals surface area contributed by atoms with E-state index < -0.39 is 33.4 Å². The molecule has 15 heteroatoms. The third-order valence-electron chi connectivity index (χ3n) is 4.64. The molecule has 35 heavy (non-hydrogen) atoms. The van der Waals surface area contributed by atoms with E-state index in [0.717, 1.165) is 16.6 Å². The maximum atomic E-state index is 14.0. The number of hydrogen-bond acceptors (Lipinski definition) is 8. The zero-order valence-corrected chi connectivity index (χ0v) is 19.1. The molecule has 3 N–H and O–H groups in total. The van der Waals surface area contributed by atoms with Crippen molar-refractivity contribution in [2.75, 3.05) is 33.6 Å². The zero-order chi connectivity index (χ0) is 25.8. The van der Waals surface area contributed by atoms with E-state index in [-0.39, 0.29) is 29.7 Å². The van der Waals surface area contributed by atoms with Gasteiger partial charge in [-0.3, -0.25) is 9.10 Å². The van der Waals surface area contributed by atoms with Gasteiger partial charge >= 0.3 is 6.18 Å². The molecule has 0 spiro atoms. The van der Waals surface area contributed by atoms with E-state index in [2.05, 4.69) is 30.9 Å². The van der Waals surface area contributed by atoms with Crippen LogP contribution in [0, 0.1) is 5.82 Å². The van der Waals surface area contributed by atoms with Gasteiger partial charge in [-0.2, -0.15) is 18.2 Å². The molecule has 3 aromatic rings. The number of carbonyl (C=O) groups is 1. The summed E-state index contributed by atoms with van der Waals surface area (Å²) in [5, 5.41) is 7.30. The molecule has 0 atom stereocenters. The van der Waals surface area contributed by atoms with Crippen LogP contribution >= 0.6 is 0 Å². The molecule has 0 unspecified atom stereocenters. The van der Waals surface area contributed by atoms with Crippen molar-refractivity contribution in [2.24, 2.45) is 0 Å². The van der Waals surface area contributed by atoms with Crippen molar-refractivity contribution < 1.29 is 30.8 Å². The van der Waals surface area contributed by atoms with E-state index in [1.165, 1.54) is 37.5 Å². The van der Waals surface area contributed by atoms with Gasteiger partial charge in [-0.25, -0.2) is 22.8 Å². The Morgan fingerprint density at radius 2 is 1.91 bits per heavy atom. The monoisotopic (exact) mass is 513 g/mol. The highest BCUT2D eigenvalue weighted by atomic mass is 32.2. The van der Waals surface area contributed by atoms with Gasteiger partial charge in [-0.1, -0.05) is 6.07 Å². The number of sulfonamides is 1. The van der Waals surface area contributed by atoms with Gasteiger partial charge < -0.3 is 16.0 Å². The van der Waals surface area contributed by atoms with Gasteiger partial charge in [0.25, 0.3) is 0 Å². The SMILES string of the molecule is CN(c1ncccc1CNc1nc(Nc2ccc(NC=O)c(F)c2)ncc1C(F)(F)F)S(C)(=O)=O. The predicted octanol–water partition coefficient (Wildman–Crippen LogP) is 3.35. The summed E-state index contributed by atoms with van der Waals surface area (Å²) in [5.41, 5.74) is -0.842. The van der Waals surface area contributed by atoms with Gasteiger partial charge in [0, 0.05) is 37.2 Å². The van der Waals surface area contributed by atoms with Crippen molar-refractivity contribution in [1.29, 1.82) is 0 Å². The van der Waals surface area contributed by atoms with Crippen LogP contribution in [0.15, 0.2) is 42.7 Å². The number of nitrogens with zero attached hydrogens (tertiary/aromatic N) is 4. The van der Waals surface area contributed by atoms with E-state index in [1.807, 2.05) is 0 Å². The molecule has 10 nitrogen and oxygen atoms in total. The quantitative estimate of drug-likeness (QED) is 0.294. The number of halogens is 4. The summed E-state index contributed by atoms with van der Waals surface area (Å²) < 4.78 is 79.3. The van der Waals surface area contributed by atoms with Crippen LogP contribution < -0.4 is 20.3 Å². The average molecular weight is 513 g/mol. The third kappa shape index (κ3) is 6.32. The first-order valence-electron chi connectivity index (χ1n) is 9.73. The van der Waals surface area contributed by atoms with Crippen molar-refractivity contribution in [3.05, 3.63) is 59.7 Å². The van der Waals surface area contributed by atoms with Crippen LogP contribution in [-0.2, 0) is 27.5 Å². The van der Waals surface area contributed by atoms with Crippen molar-refractivity contribution in [3.63, 3.8) is 0 Å². The number of pyridine rings is 1. The van der Waals surface area contributed by atoms with Gasteiger partial charge in [0.15, 0.2) is 0 Å². The van der Waals surface area contributed by atoms with Crippen LogP contribution in [0.25, 0.3) is 0 Å². The zero-order valence-electron chi connectivity index (χ0n) is 18.3. The molecule has 0 aliphatic rings. The molecular weight excluding hydrogens is 494 g/mol. The standard InChI is InChI=1S/C20H19F4N7O3S/c1-31(35(2,33)34)18-12(4-3-7-25-18)9-26-17-14(20(22,23)24)10-27-19(30-17)29-13-5-6-16(28-11-32)15(21)8-13/h3-8,10-11H,9H2,1-2H3,(H,28,32)(H2,26,27,29,30). The second-order valence-electron chi connectivity index (χ2n) is 7.11.